The largest absolute Gasteiger partial charge is 0.416 e. The number of nitrogens with zero attached hydrogens (tertiary/aromatic N) is 1. The van der Waals surface area contributed by atoms with Crippen LogP contribution in [0.1, 0.15) is 130 Å². The van der Waals surface area contributed by atoms with E-state index in [1.807, 2.05) is 0 Å². The molecule has 0 saturated heterocycles. The summed E-state index contributed by atoms with van der Waals surface area (Å²) in [5.41, 5.74) is 5.63. The predicted octanol–water partition coefficient (Wildman–Crippen LogP) is 9.68. The van der Waals surface area contributed by atoms with Crippen molar-refractivity contribution in [2.45, 2.75) is 122 Å². The lowest BCUT2D eigenvalue weighted by atomic mass is 9.68. The molecule has 5 rings (SSSR count). The highest BCUT2D eigenvalue weighted by Crippen LogP contribution is 2.56. The first-order valence-electron chi connectivity index (χ1n) is 15.9. The number of hydrogen-bond acceptors (Lipinski definition) is 4. The van der Waals surface area contributed by atoms with E-state index in [1.165, 1.54) is 37.8 Å². The summed E-state index contributed by atoms with van der Waals surface area (Å²) < 4.78 is 53.2. The number of aromatic nitrogens is 1. The second kappa shape index (κ2) is 11.7. The Bertz CT molecular complexity index is 1350. The molecule has 1 saturated carbocycles. The van der Waals surface area contributed by atoms with Gasteiger partial charge < -0.3 is 14.3 Å². The highest BCUT2D eigenvalue weighted by molar-refractivity contribution is 6.74. The quantitative estimate of drug-likeness (QED) is 0.329. The van der Waals surface area contributed by atoms with E-state index in [2.05, 4.69) is 53.8 Å². The van der Waals surface area contributed by atoms with E-state index in [-0.39, 0.29) is 22.5 Å². The van der Waals surface area contributed by atoms with Gasteiger partial charge in [0, 0.05) is 22.5 Å². The van der Waals surface area contributed by atoms with Gasteiger partial charge in [-0.3, -0.25) is 4.98 Å². The van der Waals surface area contributed by atoms with Gasteiger partial charge in [-0.25, -0.2) is 0 Å². The highest BCUT2D eigenvalue weighted by atomic mass is 28.4. The number of fused-ring (bicyclic) bond motifs is 1. The number of aliphatic hydroxyl groups excluding tert-OH is 1. The van der Waals surface area contributed by atoms with Gasteiger partial charge in [-0.15, -0.1) is 0 Å². The molecule has 0 radical (unpaired) electrons. The summed E-state index contributed by atoms with van der Waals surface area (Å²) in [5, 5.41) is 12.1. The lowest BCUT2D eigenvalue weighted by Crippen LogP contribution is -2.44. The number of benzene rings is 1. The van der Waals surface area contributed by atoms with Crippen molar-refractivity contribution in [3.63, 3.8) is 0 Å². The number of alkyl halides is 3. The summed E-state index contributed by atoms with van der Waals surface area (Å²) in [4.78, 5) is 5.37. The number of halogens is 3. The molecule has 2 aliphatic carbocycles. The molecule has 43 heavy (non-hydrogen) atoms. The van der Waals surface area contributed by atoms with E-state index >= 15 is 0 Å². The van der Waals surface area contributed by atoms with Crippen molar-refractivity contribution in [2.75, 3.05) is 13.2 Å². The van der Waals surface area contributed by atoms with Crippen LogP contribution in [0.25, 0.3) is 5.57 Å². The van der Waals surface area contributed by atoms with Crippen molar-refractivity contribution in [3.05, 3.63) is 69.5 Å². The molecule has 4 nitrogen and oxygen atoms in total. The average Bonchev–Trinajstić information content (AvgIpc) is 3.37. The molecule has 3 aliphatic rings. The Morgan fingerprint density at radius 2 is 1.72 bits per heavy atom. The van der Waals surface area contributed by atoms with Gasteiger partial charge in [-0.05, 0) is 90.4 Å². The van der Waals surface area contributed by atoms with Crippen LogP contribution in [0.2, 0.25) is 18.1 Å². The van der Waals surface area contributed by atoms with Crippen LogP contribution in [0, 0.1) is 5.41 Å². The molecule has 1 aliphatic heterocycles. The van der Waals surface area contributed by atoms with E-state index in [0.717, 1.165) is 53.1 Å². The van der Waals surface area contributed by atoms with Gasteiger partial charge in [0.2, 0.25) is 0 Å². The summed E-state index contributed by atoms with van der Waals surface area (Å²) in [6.45, 7) is 16.6. The van der Waals surface area contributed by atoms with Crippen molar-refractivity contribution in [3.8, 4) is 0 Å². The minimum absolute atomic E-state index is 0.00445. The normalized spacial score (nSPS) is 21.7. The van der Waals surface area contributed by atoms with Crippen molar-refractivity contribution < 1.29 is 27.4 Å². The molecule has 0 unspecified atom stereocenters. The molecule has 1 spiro atoms. The van der Waals surface area contributed by atoms with E-state index in [4.69, 9.17) is 14.1 Å². The maximum absolute atomic E-state index is 13.4. The minimum atomic E-state index is -4.44. The topological polar surface area (TPSA) is 51.6 Å². The number of pyridine rings is 1. The van der Waals surface area contributed by atoms with Gasteiger partial charge in [0.25, 0.3) is 0 Å². The number of aliphatic hydroxyl groups is 1. The SMILES string of the molecule is CC(C)c1nc2c(c(C3=CCOCC3)c1[C@H](O)c1ccc(C(F)(F)F)cc1)[C@@H](O[Si](C)(C)C(C)(C)C)CC1(CCCC1)C2. The first-order chi connectivity index (χ1) is 20.0. The molecular weight excluding hydrogens is 567 g/mol. The third kappa shape index (κ3) is 6.40. The molecule has 1 aromatic carbocycles. The van der Waals surface area contributed by atoms with Crippen LogP contribution in [0.3, 0.4) is 0 Å². The Hall–Kier alpha value is -2.00. The zero-order valence-electron chi connectivity index (χ0n) is 26.8. The number of ether oxygens (including phenoxy) is 1. The van der Waals surface area contributed by atoms with E-state index in [9.17, 15) is 18.3 Å². The Labute approximate surface area is 256 Å². The molecular formula is C35H48F3NO3Si. The van der Waals surface area contributed by atoms with E-state index < -0.39 is 26.2 Å². The van der Waals surface area contributed by atoms with Gasteiger partial charge in [-0.1, -0.05) is 65.7 Å². The first-order valence-corrected chi connectivity index (χ1v) is 18.8. The van der Waals surface area contributed by atoms with Crippen LogP contribution in [-0.4, -0.2) is 31.6 Å². The summed E-state index contributed by atoms with van der Waals surface area (Å²) in [7, 11) is -2.21. The first kappa shape index (κ1) is 32.4. The summed E-state index contributed by atoms with van der Waals surface area (Å²) in [6.07, 6.45) is 3.68. The zero-order valence-corrected chi connectivity index (χ0v) is 27.8. The fourth-order valence-corrected chi connectivity index (χ4v) is 8.33. The summed E-state index contributed by atoms with van der Waals surface area (Å²) in [6, 6.07) is 4.91. The van der Waals surface area contributed by atoms with Crippen LogP contribution in [0.15, 0.2) is 30.3 Å². The van der Waals surface area contributed by atoms with Gasteiger partial charge >= 0.3 is 6.18 Å². The Kier molecular flexibility index (Phi) is 8.84. The van der Waals surface area contributed by atoms with Gasteiger partial charge in [0.05, 0.1) is 24.9 Å². The van der Waals surface area contributed by atoms with Gasteiger partial charge in [0.1, 0.15) is 6.10 Å². The molecule has 8 heteroatoms. The van der Waals surface area contributed by atoms with Crippen LogP contribution >= 0.6 is 0 Å². The third-order valence-corrected chi connectivity index (χ3v) is 14.9. The van der Waals surface area contributed by atoms with E-state index in [1.54, 1.807) is 0 Å². The molecule has 1 aromatic heterocycles. The smallest absolute Gasteiger partial charge is 0.410 e. The minimum Gasteiger partial charge on any atom is -0.410 e. The van der Waals surface area contributed by atoms with Gasteiger partial charge in [0.15, 0.2) is 8.32 Å². The van der Waals surface area contributed by atoms with Crippen molar-refractivity contribution in [2.24, 2.45) is 5.41 Å². The van der Waals surface area contributed by atoms with E-state index in [0.29, 0.717) is 30.8 Å². The standard InChI is InChI=1S/C35H48F3NO3Si/c1-22(2)31-30(32(40)24-10-12-25(13-11-24)35(36,37)38)28(23-14-18-41-19-15-23)29-26(39-31)20-34(16-8-9-17-34)21-27(29)42-43(6,7)33(3,4)5/h10-14,22,27,32,40H,8-9,15-21H2,1-7H3/t27-,32+/m0/s1. The average molecular weight is 616 g/mol. The summed E-state index contributed by atoms with van der Waals surface area (Å²) >= 11 is 0. The maximum Gasteiger partial charge on any atom is 0.416 e. The molecule has 1 fully saturated rings. The van der Waals surface area contributed by atoms with Crippen LogP contribution in [-0.2, 0) is 21.8 Å². The third-order valence-electron chi connectivity index (χ3n) is 10.4. The van der Waals surface area contributed by atoms with Crippen LogP contribution in [0.5, 0.6) is 0 Å². The highest BCUT2D eigenvalue weighted by Gasteiger charge is 2.48. The molecule has 0 bridgehead atoms. The Morgan fingerprint density at radius 1 is 1.07 bits per heavy atom. The summed E-state index contributed by atoms with van der Waals surface area (Å²) in [5.74, 6) is 0.00445. The van der Waals surface area contributed by atoms with Crippen molar-refractivity contribution >= 4 is 13.9 Å². The van der Waals surface area contributed by atoms with Crippen molar-refractivity contribution in [1.29, 1.82) is 0 Å². The molecule has 1 N–H and O–H groups in total. The Balaban J connectivity index is 1.76. The zero-order chi connectivity index (χ0) is 31.4. The fraction of sp³-hybridized carbons (Fsp3) is 0.629. The van der Waals surface area contributed by atoms with Gasteiger partial charge in [-0.2, -0.15) is 13.2 Å². The molecule has 2 aromatic rings. The number of hydrogen-bond donors (Lipinski definition) is 1. The van der Waals surface area contributed by atoms with Crippen molar-refractivity contribution in [1.82, 2.24) is 4.98 Å². The predicted molar refractivity (Wildman–Crippen MR) is 167 cm³/mol. The molecule has 2 atom stereocenters. The molecule has 0 amide bonds. The monoisotopic (exact) mass is 615 g/mol. The second-order valence-electron chi connectivity index (χ2n) is 14.8. The second-order valence-corrected chi connectivity index (χ2v) is 19.6. The lowest BCUT2D eigenvalue weighted by Gasteiger charge is -2.46. The number of rotatable bonds is 6. The Morgan fingerprint density at radius 3 is 2.26 bits per heavy atom. The molecule has 2 heterocycles. The maximum atomic E-state index is 13.4. The van der Waals surface area contributed by atoms with Crippen LogP contribution in [0.4, 0.5) is 13.2 Å². The fourth-order valence-electron chi connectivity index (χ4n) is 7.06. The molecule has 236 valence electrons. The lowest BCUT2D eigenvalue weighted by molar-refractivity contribution is -0.137. The van der Waals surface area contributed by atoms with Crippen LogP contribution < -0.4 is 0 Å².